The summed E-state index contributed by atoms with van der Waals surface area (Å²) in [6.45, 7) is 3.98. The van der Waals surface area contributed by atoms with Gasteiger partial charge in [-0.2, -0.15) is 0 Å². The summed E-state index contributed by atoms with van der Waals surface area (Å²) < 4.78 is 1.11. The molecule has 10 heavy (non-hydrogen) atoms. The van der Waals surface area contributed by atoms with E-state index in [2.05, 4.69) is 27.9 Å². The van der Waals surface area contributed by atoms with Gasteiger partial charge < -0.3 is 5.32 Å². The van der Waals surface area contributed by atoms with Crippen LogP contribution in [0.4, 0.5) is 0 Å². The molecule has 1 rings (SSSR count). The van der Waals surface area contributed by atoms with Gasteiger partial charge in [-0.05, 0) is 46.4 Å². The Kier molecular flexibility index (Phi) is 2.33. The van der Waals surface area contributed by atoms with Gasteiger partial charge in [-0.15, -0.1) is 0 Å². The van der Waals surface area contributed by atoms with Crippen LogP contribution in [0.3, 0.4) is 0 Å². The monoisotopic (exact) mass is 251 g/mol. The van der Waals surface area contributed by atoms with Crippen LogP contribution < -0.4 is 5.32 Å². The number of amides is 1. The predicted octanol–water partition coefficient (Wildman–Crippen LogP) is 1.60. The van der Waals surface area contributed by atoms with Crippen LogP contribution >= 0.6 is 22.6 Å². The number of nitrogens with one attached hydrogen (secondary N) is 1. The minimum atomic E-state index is 0.111. The van der Waals surface area contributed by atoms with Crippen LogP contribution in [-0.2, 0) is 4.79 Å². The lowest BCUT2D eigenvalue weighted by atomic mass is 10.2. The lowest BCUT2D eigenvalue weighted by Crippen LogP contribution is -2.21. The summed E-state index contributed by atoms with van der Waals surface area (Å²) in [5.74, 6) is 0.111. The van der Waals surface area contributed by atoms with Gasteiger partial charge in [-0.3, -0.25) is 4.79 Å². The van der Waals surface area contributed by atoms with E-state index >= 15 is 0 Å². The summed E-state index contributed by atoms with van der Waals surface area (Å²) in [6.07, 6.45) is 0.883. The standard InChI is InChI=1S/C7H10INO/c1-4-3-6(5(2)8)7(10)9-4/h4H,3H2,1-2H3,(H,9,10)/b6-5-. The molecule has 1 fully saturated rings. The highest BCUT2D eigenvalue weighted by molar-refractivity contribution is 14.1. The molecule has 1 aliphatic heterocycles. The average molecular weight is 251 g/mol. The van der Waals surface area contributed by atoms with E-state index < -0.39 is 0 Å². The second-order valence-electron chi connectivity index (χ2n) is 2.59. The molecule has 0 aromatic rings. The van der Waals surface area contributed by atoms with Crippen molar-refractivity contribution in [1.29, 1.82) is 0 Å². The van der Waals surface area contributed by atoms with Crippen LogP contribution in [0.15, 0.2) is 9.15 Å². The lowest BCUT2D eigenvalue weighted by molar-refractivity contribution is -0.116. The Bertz CT molecular complexity index is 194. The third-order valence-corrected chi connectivity index (χ3v) is 2.23. The van der Waals surface area contributed by atoms with Gasteiger partial charge in [0.25, 0.3) is 0 Å². The Balaban J connectivity index is 2.83. The van der Waals surface area contributed by atoms with Crippen molar-refractivity contribution >= 4 is 28.5 Å². The van der Waals surface area contributed by atoms with Crippen LogP contribution in [0.5, 0.6) is 0 Å². The summed E-state index contributed by atoms with van der Waals surface area (Å²) in [7, 11) is 0. The van der Waals surface area contributed by atoms with E-state index in [0.717, 1.165) is 15.6 Å². The first-order valence-corrected chi connectivity index (χ1v) is 4.35. The van der Waals surface area contributed by atoms with E-state index in [1.807, 2.05) is 13.8 Å². The van der Waals surface area contributed by atoms with Crippen LogP contribution in [0, 0.1) is 0 Å². The van der Waals surface area contributed by atoms with E-state index in [9.17, 15) is 4.79 Å². The first-order chi connectivity index (χ1) is 4.61. The Morgan fingerprint density at radius 3 is 2.60 bits per heavy atom. The number of halogens is 1. The van der Waals surface area contributed by atoms with Crippen molar-refractivity contribution in [2.24, 2.45) is 0 Å². The molecule has 3 heteroatoms. The summed E-state index contributed by atoms with van der Waals surface area (Å²) in [4.78, 5) is 11.1. The van der Waals surface area contributed by atoms with Crippen molar-refractivity contribution in [3.05, 3.63) is 9.15 Å². The molecule has 1 aliphatic rings. The molecule has 0 bridgehead atoms. The Morgan fingerprint density at radius 1 is 1.80 bits per heavy atom. The fourth-order valence-electron chi connectivity index (χ4n) is 1.06. The smallest absolute Gasteiger partial charge is 0.248 e. The van der Waals surface area contributed by atoms with Gasteiger partial charge in [0, 0.05) is 11.6 Å². The number of carbonyl (C=O) groups is 1. The molecule has 2 nitrogen and oxygen atoms in total. The van der Waals surface area contributed by atoms with E-state index in [1.165, 1.54) is 0 Å². The van der Waals surface area contributed by atoms with Gasteiger partial charge in [0.1, 0.15) is 0 Å². The zero-order valence-electron chi connectivity index (χ0n) is 6.07. The fourth-order valence-corrected chi connectivity index (χ4v) is 1.52. The highest BCUT2D eigenvalue weighted by atomic mass is 127. The molecule has 1 N–H and O–H groups in total. The van der Waals surface area contributed by atoms with Gasteiger partial charge in [0.2, 0.25) is 5.91 Å². The second kappa shape index (κ2) is 2.90. The molecule has 56 valence electrons. The van der Waals surface area contributed by atoms with Crippen molar-refractivity contribution in [3.8, 4) is 0 Å². The van der Waals surface area contributed by atoms with Crippen LogP contribution in [0.25, 0.3) is 0 Å². The second-order valence-corrected chi connectivity index (χ2v) is 4.21. The van der Waals surface area contributed by atoms with Crippen molar-refractivity contribution in [2.45, 2.75) is 26.3 Å². The Labute approximate surface area is 74.2 Å². The van der Waals surface area contributed by atoms with Crippen LogP contribution in [0.2, 0.25) is 0 Å². The molecule has 1 atom stereocenters. The van der Waals surface area contributed by atoms with E-state index in [0.29, 0.717) is 6.04 Å². The lowest BCUT2D eigenvalue weighted by Gasteiger charge is -1.95. The molecule has 0 aromatic heterocycles. The first-order valence-electron chi connectivity index (χ1n) is 3.27. The van der Waals surface area contributed by atoms with Crippen molar-refractivity contribution < 1.29 is 4.79 Å². The van der Waals surface area contributed by atoms with Crippen LogP contribution in [0.1, 0.15) is 20.3 Å². The first kappa shape index (κ1) is 8.04. The molecule has 1 heterocycles. The summed E-state index contributed by atoms with van der Waals surface area (Å²) in [5.41, 5.74) is 0.952. The highest BCUT2D eigenvalue weighted by Gasteiger charge is 2.23. The Hall–Kier alpha value is -0.0600. The largest absolute Gasteiger partial charge is 0.350 e. The third-order valence-electron chi connectivity index (χ3n) is 1.58. The summed E-state index contributed by atoms with van der Waals surface area (Å²) in [5, 5.41) is 2.85. The predicted molar refractivity (Wildman–Crippen MR) is 48.9 cm³/mol. The van der Waals surface area contributed by atoms with Gasteiger partial charge in [0.15, 0.2) is 0 Å². The quantitative estimate of drug-likeness (QED) is 0.514. The normalized spacial score (nSPS) is 30.3. The highest BCUT2D eigenvalue weighted by Crippen LogP contribution is 2.21. The maximum Gasteiger partial charge on any atom is 0.248 e. The number of hydrogen-bond donors (Lipinski definition) is 1. The van der Waals surface area contributed by atoms with Gasteiger partial charge in [-0.25, -0.2) is 0 Å². The zero-order valence-corrected chi connectivity index (χ0v) is 8.23. The van der Waals surface area contributed by atoms with Crippen molar-refractivity contribution in [1.82, 2.24) is 5.32 Å². The zero-order chi connectivity index (χ0) is 7.72. The van der Waals surface area contributed by atoms with E-state index in [1.54, 1.807) is 0 Å². The van der Waals surface area contributed by atoms with Gasteiger partial charge >= 0.3 is 0 Å². The minimum absolute atomic E-state index is 0.111. The van der Waals surface area contributed by atoms with Crippen LogP contribution in [-0.4, -0.2) is 11.9 Å². The number of carbonyl (C=O) groups excluding carboxylic acids is 1. The average Bonchev–Trinajstić information content (AvgIpc) is 2.10. The third kappa shape index (κ3) is 1.51. The molecule has 1 unspecified atom stereocenters. The molecule has 0 radical (unpaired) electrons. The molecule has 0 spiro atoms. The SMILES string of the molecule is C/C(I)=C1\CC(C)NC1=O. The molecule has 0 aliphatic carbocycles. The molecule has 1 amide bonds. The fraction of sp³-hybridized carbons (Fsp3) is 0.571. The number of allylic oxidation sites excluding steroid dienone is 1. The summed E-state index contributed by atoms with van der Waals surface area (Å²) >= 11 is 2.19. The minimum Gasteiger partial charge on any atom is -0.350 e. The Morgan fingerprint density at radius 2 is 2.40 bits per heavy atom. The summed E-state index contributed by atoms with van der Waals surface area (Å²) in [6, 6.07) is 0.326. The van der Waals surface area contributed by atoms with E-state index in [4.69, 9.17) is 0 Å². The van der Waals surface area contributed by atoms with Gasteiger partial charge in [-0.1, -0.05) is 0 Å². The van der Waals surface area contributed by atoms with Gasteiger partial charge in [0.05, 0.1) is 0 Å². The van der Waals surface area contributed by atoms with Crippen molar-refractivity contribution in [2.75, 3.05) is 0 Å². The molecule has 1 saturated heterocycles. The number of hydrogen-bond acceptors (Lipinski definition) is 1. The number of rotatable bonds is 0. The maximum absolute atomic E-state index is 11.1. The molecular weight excluding hydrogens is 241 g/mol. The molecule has 0 saturated carbocycles. The maximum atomic E-state index is 11.1. The molecule has 0 aromatic carbocycles. The van der Waals surface area contributed by atoms with Crippen molar-refractivity contribution in [3.63, 3.8) is 0 Å². The van der Waals surface area contributed by atoms with E-state index in [-0.39, 0.29) is 5.91 Å². The topological polar surface area (TPSA) is 29.1 Å². The molecular formula is C7H10INO.